The van der Waals surface area contributed by atoms with Crippen LogP contribution in [0.15, 0.2) is 73.1 Å². The number of hydrogen-bond acceptors (Lipinski definition) is 3. The second-order valence-electron chi connectivity index (χ2n) is 6.91. The van der Waals surface area contributed by atoms with Gasteiger partial charge in [0.2, 0.25) is 5.91 Å². The molecule has 0 saturated carbocycles. The van der Waals surface area contributed by atoms with Gasteiger partial charge in [0.15, 0.2) is 5.78 Å². The van der Waals surface area contributed by atoms with Crippen LogP contribution in [-0.2, 0) is 4.79 Å². The summed E-state index contributed by atoms with van der Waals surface area (Å²) in [6, 6.07) is 18.9. The van der Waals surface area contributed by atoms with Gasteiger partial charge < -0.3 is 5.32 Å². The Morgan fingerprint density at radius 1 is 0.857 bits per heavy atom. The van der Waals surface area contributed by atoms with Gasteiger partial charge in [0.25, 0.3) is 0 Å². The van der Waals surface area contributed by atoms with Crippen LogP contribution >= 0.6 is 0 Å². The van der Waals surface area contributed by atoms with E-state index in [1.165, 1.54) is 0 Å². The molecule has 0 bridgehead atoms. The number of carbonyl (C=O) groups is 2. The Kier molecular flexibility index (Phi) is 6.33. The lowest BCUT2D eigenvalue weighted by atomic mass is 9.98. The molecule has 142 valence electrons. The fourth-order valence-electron chi connectivity index (χ4n) is 3.08. The maximum absolute atomic E-state index is 12.6. The fourth-order valence-corrected chi connectivity index (χ4v) is 3.08. The van der Waals surface area contributed by atoms with E-state index in [-0.39, 0.29) is 30.6 Å². The number of benzene rings is 2. The van der Waals surface area contributed by atoms with Crippen molar-refractivity contribution in [3.8, 4) is 0 Å². The molecule has 0 aliphatic heterocycles. The molecule has 1 heterocycles. The Labute approximate surface area is 165 Å². The topological polar surface area (TPSA) is 59.1 Å². The molecule has 4 nitrogen and oxygen atoms in total. The quantitative estimate of drug-likeness (QED) is 0.618. The number of aryl methyl sites for hydroxylation is 2. The SMILES string of the molecule is Cc1ccc(C(=O)CCC(=O)NC(c2ccccc2)c2ccncc2)cc1C. The van der Waals surface area contributed by atoms with Crippen molar-refractivity contribution in [1.82, 2.24) is 10.3 Å². The molecule has 1 aromatic heterocycles. The summed E-state index contributed by atoms with van der Waals surface area (Å²) in [6.07, 6.45) is 3.76. The van der Waals surface area contributed by atoms with Crippen LogP contribution in [0.2, 0.25) is 0 Å². The molecular formula is C24H24N2O2. The molecule has 0 spiro atoms. The van der Waals surface area contributed by atoms with Crippen LogP contribution in [0.5, 0.6) is 0 Å². The molecule has 1 N–H and O–H groups in total. The number of carbonyl (C=O) groups excluding carboxylic acids is 2. The third kappa shape index (κ3) is 4.92. The molecule has 2 aromatic carbocycles. The predicted octanol–water partition coefficient (Wildman–Crippen LogP) is 4.57. The summed E-state index contributed by atoms with van der Waals surface area (Å²) < 4.78 is 0. The molecule has 1 atom stereocenters. The highest BCUT2D eigenvalue weighted by Crippen LogP contribution is 2.21. The normalized spacial score (nSPS) is 11.6. The van der Waals surface area contributed by atoms with E-state index in [0.717, 1.165) is 22.3 Å². The summed E-state index contributed by atoms with van der Waals surface area (Å²) in [5.74, 6) is -0.165. The summed E-state index contributed by atoms with van der Waals surface area (Å²) in [7, 11) is 0. The molecular weight excluding hydrogens is 348 g/mol. The third-order valence-electron chi connectivity index (χ3n) is 4.89. The van der Waals surface area contributed by atoms with Crippen LogP contribution in [0.4, 0.5) is 0 Å². The zero-order valence-corrected chi connectivity index (χ0v) is 16.2. The van der Waals surface area contributed by atoms with Gasteiger partial charge in [-0.3, -0.25) is 14.6 Å². The van der Waals surface area contributed by atoms with E-state index in [1.807, 2.05) is 74.5 Å². The average molecular weight is 372 g/mol. The van der Waals surface area contributed by atoms with Crippen molar-refractivity contribution in [2.75, 3.05) is 0 Å². The van der Waals surface area contributed by atoms with Crippen molar-refractivity contribution in [1.29, 1.82) is 0 Å². The summed E-state index contributed by atoms with van der Waals surface area (Å²) in [6.45, 7) is 4.00. The van der Waals surface area contributed by atoms with Crippen molar-refractivity contribution in [2.45, 2.75) is 32.7 Å². The molecule has 1 unspecified atom stereocenters. The Hall–Kier alpha value is -3.27. The minimum absolute atomic E-state index is 0.0153. The van der Waals surface area contributed by atoms with Crippen LogP contribution in [0.25, 0.3) is 0 Å². The van der Waals surface area contributed by atoms with E-state index in [2.05, 4.69) is 10.3 Å². The molecule has 3 aromatic rings. The number of aromatic nitrogens is 1. The Morgan fingerprint density at radius 3 is 2.21 bits per heavy atom. The van der Waals surface area contributed by atoms with Gasteiger partial charge in [-0.2, -0.15) is 0 Å². The van der Waals surface area contributed by atoms with E-state index < -0.39 is 0 Å². The fraction of sp³-hybridized carbons (Fsp3) is 0.208. The van der Waals surface area contributed by atoms with Gasteiger partial charge in [0.1, 0.15) is 0 Å². The summed E-state index contributed by atoms with van der Waals surface area (Å²) >= 11 is 0. The van der Waals surface area contributed by atoms with Crippen LogP contribution in [0.1, 0.15) is 51.5 Å². The van der Waals surface area contributed by atoms with Gasteiger partial charge in [0, 0.05) is 30.8 Å². The number of nitrogens with zero attached hydrogens (tertiary/aromatic N) is 1. The van der Waals surface area contributed by atoms with Crippen molar-refractivity contribution < 1.29 is 9.59 Å². The standard InChI is InChI=1S/C24H24N2O2/c1-17-8-9-21(16-18(17)2)22(27)10-11-23(28)26-24(19-6-4-3-5-7-19)20-12-14-25-15-13-20/h3-9,12-16,24H,10-11H2,1-2H3,(H,26,28). The molecule has 0 aliphatic rings. The van der Waals surface area contributed by atoms with Gasteiger partial charge >= 0.3 is 0 Å². The number of ketones is 1. The molecule has 0 fully saturated rings. The third-order valence-corrected chi connectivity index (χ3v) is 4.89. The van der Waals surface area contributed by atoms with E-state index in [9.17, 15) is 9.59 Å². The van der Waals surface area contributed by atoms with E-state index in [1.54, 1.807) is 12.4 Å². The van der Waals surface area contributed by atoms with Crippen LogP contribution in [-0.4, -0.2) is 16.7 Å². The number of Topliss-reactive ketones (excluding diaryl/α,β-unsaturated/α-hetero) is 1. The molecule has 1 amide bonds. The molecule has 3 rings (SSSR count). The summed E-state index contributed by atoms with van der Waals surface area (Å²) in [5.41, 5.74) is 4.83. The smallest absolute Gasteiger partial charge is 0.221 e. The van der Waals surface area contributed by atoms with Gasteiger partial charge in [0.05, 0.1) is 6.04 Å². The molecule has 0 radical (unpaired) electrons. The Balaban J connectivity index is 1.67. The van der Waals surface area contributed by atoms with Gasteiger partial charge in [-0.05, 0) is 54.3 Å². The Bertz CT molecular complexity index is 913. The van der Waals surface area contributed by atoms with E-state index in [4.69, 9.17) is 0 Å². The number of pyridine rings is 1. The van der Waals surface area contributed by atoms with Gasteiger partial charge in [-0.25, -0.2) is 0 Å². The molecule has 28 heavy (non-hydrogen) atoms. The molecule has 0 aliphatic carbocycles. The highest BCUT2D eigenvalue weighted by atomic mass is 16.2. The van der Waals surface area contributed by atoms with Crippen molar-refractivity contribution in [3.63, 3.8) is 0 Å². The number of rotatable bonds is 7. The first-order valence-corrected chi connectivity index (χ1v) is 9.39. The van der Waals surface area contributed by atoms with Gasteiger partial charge in [-0.15, -0.1) is 0 Å². The zero-order valence-electron chi connectivity index (χ0n) is 16.2. The first-order valence-electron chi connectivity index (χ1n) is 9.39. The maximum Gasteiger partial charge on any atom is 0.221 e. The monoisotopic (exact) mass is 372 g/mol. The lowest BCUT2D eigenvalue weighted by molar-refractivity contribution is -0.121. The zero-order chi connectivity index (χ0) is 19.9. The lowest BCUT2D eigenvalue weighted by Gasteiger charge is -2.19. The second kappa shape index (κ2) is 9.09. The van der Waals surface area contributed by atoms with Crippen LogP contribution in [0.3, 0.4) is 0 Å². The summed E-state index contributed by atoms with van der Waals surface area (Å²) in [4.78, 5) is 29.1. The first kappa shape index (κ1) is 19.5. The Morgan fingerprint density at radius 2 is 1.54 bits per heavy atom. The highest BCUT2D eigenvalue weighted by molar-refractivity contribution is 5.98. The maximum atomic E-state index is 12.6. The van der Waals surface area contributed by atoms with E-state index in [0.29, 0.717) is 5.56 Å². The lowest BCUT2D eigenvalue weighted by Crippen LogP contribution is -2.29. The molecule has 4 heteroatoms. The van der Waals surface area contributed by atoms with Crippen molar-refractivity contribution in [2.24, 2.45) is 0 Å². The van der Waals surface area contributed by atoms with Crippen LogP contribution in [0, 0.1) is 13.8 Å². The summed E-state index contributed by atoms with van der Waals surface area (Å²) in [5, 5.41) is 3.06. The number of amides is 1. The van der Waals surface area contributed by atoms with Crippen LogP contribution < -0.4 is 5.32 Å². The number of nitrogens with one attached hydrogen (secondary N) is 1. The van der Waals surface area contributed by atoms with E-state index >= 15 is 0 Å². The minimum atomic E-state index is -0.270. The van der Waals surface area contributed by atoms with Gasteiger partial charge in [-0.1, -0.05) is 42.5 Å². The average Bonchev–Trinajstić information content (AvgIpc) is 2.73. The van der Waals surface area contributed by atoms with Crippen molar-refractivity contribution in [3.05, 3.63) is 101 Å². The molecule has 0 saturated heterocycles. The number of hydrogen-bond donors (Lipinski definition) is 1. The minimum Gasteiger partial charge on any atom is -0.345 e. The largest absolute Gasteiger partial charge is 0.345 e. The van der Waals surface area contributed by atoms with Crippen molar-refractivity contribution >= 4 is 11.7 Å². The second-order valence-corrected chi connectivity index (χ2v) is 6.91. The predicted molar refractivity (Wildman–Crippen MR) is 110 cm³/mol. The highest BCUT2D eigenvalue weighted by Gasteiger charge is 2.17. The first-order chi connectivity index (χ1) is 13.5.